The zero-order chi connectivity index (χ0) is 43.6. The quantitative estimate of drug-likeness (QED) is 0.0713. The van der Waals surface area contributed by atoms with E-state index in [4.69, 9.17) is 24.2 Å². The van der Waals surface area contributed by atoms with E-state index in [2.05, 4.69) is 25.7 Å². The number of rotatable bonds is 18. The van der Waals surface area contributed by atoms with Crippen molar-refractivity contribution in [3.63, 3.8) is 0 Å². The summed E-state index contributed by atoms with van der Waals surface area (Å²) in [6.07, 6.45) is 7.04. The molecule has 3 aliphatic rings. The van der Waals surface area contributed by atoms with Crippen LogP contribution >= 0.6 is 18.7 Å². The van der Waals surface area contributed by atoms with Crippen LogP contribution in [0.5, 0.6) is 11.5 Å². The van der Waals surface area contributed by atoms with E-state index >= 15 is 0 Å². The molecule has 3 fully saturated rings. The number of carbonyl (C=O) groups is 3. The van der Waals surface area contributed by atoms with Crippen LogP contribution in [-0.4, -0.2) is 86.7 Å². The summed E-state index contributed by atoms with van der Waals surface area (Å²) in [5, 5.41) is 5.74. The first-order chi connectivity index (χ1) is 28.3. The number of amides is 1. The van der Waals surface area contributed by atoms with Gasteiger partial charge in [0.25, 0.3) is 0 Å². The van der Waals surface area contributed by atoms with Gasteiger partial charge in [0, 0.05) is 60.4 Å². The number of ketones is 1. The van der Waals surface area contributed by atoms with Crippen LogP contribution < -0.4 is 14.8 Å². The third-order valence-electron chi connectivity index (χ3n) is 12.2. The van der Waals surface area contributed by atoms with Gasteiger partial charge in [-0.1, -0.05) is 38.5 Å². The Kier molecular flexibility index (Phi) is 14.0. The molecular weight excluding hydrogens is 800 g/mol. The van der Waals surface area contributed by atoms with E-state index in [0.717, 1.165) is 41.8 Å². The number of benzene rings is 1. The number of fused-ring (bicyclic) bond motifs is 1. The average molecular weight is 863 g/mol. The van der Waals surface area contributed by atoms with E-state index in [9.17, 15) is 23.8 Å². The molecule has 6 rings (SSSR count). The topological polar surface area (TPSA) is 157 Å². The number of thiazole rings is 1. The number of ether oxygens (including phenoxy) is 3. The van der Waals surface area contributed by atoms with Gasteiger partial charge in [-0.15, -0.1) is 17.9 Å². The molecule has 0 radical (unpaired) electrons. The van der Waals surface area contributed by atoms with Gasteiger partial charge in [-0.25, -0.2) is 9.97 Å². The number of Topliss-reactive ketones (excluding diaryl/α,β-unsaturated/α-hetero) is 1. The van der Waals surface area contributed by atoms with E-state index < -0.39 is 42.0 Å². The number of anilines is 1. The van der Waals surface area contributed by atoms with Crippen LogP contribution in [0.2, 0.25) is 0 Å². The minimum Gasteiger partial charge on any atom is -0.497 e. The number of nitrogens with zero attached hydrogens (tertiary/aromatic N) is 3. The van der Waals surface area contributed by atoms with E-state index in [1.165, 1.54) is 11.3 Å². The summed E-state index contributed by atoms with van der Waals surface area (Å²) in [6, 6.07) is 7.07. The predicted molar refractivity (Wildman–Crippen MR) is 238 cm³/mol. The number of hydrogen-bond donors (Lipinski definition) is 2. The highest BCUT2D eigenvalue weighted by atomic mass is 32.1. The average Bonchev–Trinajstić information content (AvgIpc) is 3.55. The first-order valence-corrected chi connectivity index (χ1v) is 24.0. The summed E-state index contributed by atoms with van der Waals surface area (Å²) < 4.78 is 32.1. The lowest BCUT2D eigenvalue weighted by Crippen LogP contribution is -2.46. The number of allylic oxidation sites excluding steroid dienone is 3. The largest absolute Gasteiger partial charge is 0.497 e. The smallest absolute Gasteiger partial charge is 0.306 e. The Hall–Kier alpha value is -4.06. The fourth-order valence-electron chi connectivity index (χ4n) is 8.73. The van der Waals surface area contributed by atoms with Crippen molar-refractivity contribution in [3.05, 3.63) is 53.9 Å². The lowest BCUT2D eigenvalue weighted by Gasteiger charge is -2.35. The molecule has 0 spiro atoms. The summed E-state index contributed by atoms with van der Waals surface area (Å²) in [7, 11) is -2.18. The highest BCUT2D eigenvalue weighted by Gasteiger charge is 2.64. The first-order valence-electron chi connectivity index (χ1n) is 21.3. The molecule has 14 heteroatoms. The van der Waals surface area contributed by atoms with Gasteiger partial charge in [0.2, 0.25) is 13.3 Å². The predicted octanol–water partition coefficient (Wildman–Crippen LogP) is 9.60. The molecule has 2 aromatic heterocycles. The number of esters is 1. The summed E-state index contributed by atoms with van der Waals surface area (Å²) >= 11 is 1.49. The van der Waals surface area contributed by atoms with E-state index in [1.807, 2.05) is 64.3 Å². The third kappa shape index (κ3) is 10.5. The first kappa shape index (κ1) is 45.5. The fraction of sp³-hybridized carbons (Fsp3) is 0.587. The van der Waals surface area contributed by atoms with Crippen LogP contribution in [0.25, 0.3) is 22.3 Å². The minimum absolute atomic E-state index is 0.00860. The van der Waals surface area contributed by atoms with Gasteiger partial charge >= 0.3 is 5.97 Å². The summed E-state index contributed by atoms with van der Waals surface area (Å²) in [6.45, 7) is 17.8. The van der Waals surface area contributed by atoms with E-state index in [1.54, 1.807) is 24.2 Å². The Bertz CT molecular complexity index is 2150. The Morgan fingerprint density at radius 1 is 1.12 bits per heavy atom. The normalized spacial score (nSPS) is 23.2. The maximum atomic E-state index is 14.9. The molecular formula is C46H63N4O8PS. The second-order valence-electron chi connectivity index (χ2n) is 18.6. The van der Waals surface area contributed by atoms with Crippen molar-refractivity contribution in [1.29, 1.82) is 0 Å². The number of hydrogen-bond acceptors (Lipinski definition) is 11. The van der Waals surface area contributed by atoms with Gasteiger partial charge in [-0.2, -0.15) is 0 Å². The number of likely N-dealkylation sites (tertiary alicyclic amines) is 1. The lowest BCUT2D eigenvalue weighted by molar-refractivity contribution is -0.156. The molecule has 2 aliphatic carbocycles. The van der Waals surface area contributed by atoms with Crippen LogP contribution in [0.1, 0.15) is 106 Å². The molecule has 60 heavy (non-hydrogen) atoms. The molecule has 1 amide bonds. The molecule has 3 aromatic rings. The lowest BCUT2D eigenvalue weighted by atomic mass is 9.77. The second kappa shape index (κ2) is 18.5. The number of pyridine rings is 1. The van der Waals surface area contributed by atoms with Crippen molar-refractivity contribution in [2.45, 2.75) is 136 Å². The Morgan fingerprint density at radius 3 is 2.48 bits per heavy atom. The molecule has 0 bridgehead atoms. The third-order valence-corrected chi connectivity index (χ3v) is 15.7. The standard InChI is InChI=1S/C46H63N4O8PS/c1-10-30-24-46(30,59(54,55)18-17-28(2)3)25-32(51)19-31-20-35(26-50(31)43(53)37(45(6,7)8)22-42(52)58-33-13-11-12-14-33)57-41-23-39(40-27-60-44(49-40)47-29(4)5)48-38-21-34(56-9)15-16-36(38)41/h10,15-17,21,23,27,29-31,33,35,37H,1,11-14,18-20,22,24-26H2,2-9H3,(H,47,49)(H,54,55)/t30-,31?,35-,37-,46-/m1/s1. The minimum atomic E-state index is -3.78. The summed E-state index contributed by atoms with van der Waals surface area (Å²) in [5.41, 5.74) is 2.26. The second-order valence-corrected chi connectivity index (χ2v) is 22.1. The van der Waals surface area contributed by atoms with Gasteiger partial charge in [0.15, 0.2) is 5.13 Å². The van der Waals surface area contributed by atoms with Crippen molar-refractivity contribution >= 4 is 52.4 Å². The monoisotopic (exact) mass is 862 g/mol. The van der Waals surface area contributed by atoms with Crippen LogP contribution in [0, 0.1) is 17.3 Å². The fourth-order valence-corrected chi connectivity index (χ4v) is 12.1. The number of aromatic nitrogens is 2. The van der Waals surface area contributed by atoms with Crippen LogP contribution in [0.3, 0.4) is 0 Å². The molecule has 2 unspecified atom stereocenters. The zero-order valence-electron chi connectivity index (χ0n) is 36.5. The Balaban J connectivity index is 1.31. The molecule has 2 N–H and O–H groups in total. The summed E-state index contributed by atoms with van der Waals surface area (Å²) in [4.78, 5) is 65.3. The molecule has 6 atom stereocenters. The van der Waals surface area contributed by atoms with E-state index in [0.29, 0.717) is 41.2 Å². The van der Waals surface area contributed by atoms with Gasteiger partial charge in [0.05, 0.1) is 42.4 Å². The van der Waals surface area contributed by atoms with Crippen molar-refractivity contribution in [2.75, 3.05) is 25.1 Å². The maximum Gasteiger partial charge on any atom is 0.306 e. The van der Waals surface area contributed by atoms with Crippen LogP contribution in [0.4, 0.5) is 5.13 Å². The molecule has 1 aromatic carbocycles. The van der Waals surface area contributed by atoms with Crippen molar-refractivity contribution in [3.8, 4) is 22.9 Å². The maximum absolute atomic E-state index is 14.9. The van der Waals surface area contributed by atoms with Gasteiger partial charge in [0.1, 0.15) is 35.2 Å². The van der Waals surface area contributed by atoms with Crippen LogP contribution in [0.15, 0.2) is 53.9 Å². The molecule has 326 valence electrons. The number of methoxy groups -OCH3 is 1. The molecule has 12 nitrogen and oxygen atoms in total. The van der Waals surface area contributed by atoms with Crippen LogP contribution in [-0.2, 0) is 23.7 Å². The Morgan fingerprint density at radius 2 is 1.85 bits per heavy atom. The van der Waals surface area contributed by atoms with E-state index in [-0.39, 0.29) is 61.7 Å². The van der Waals surface area contributed by atoms with Crippen molar-refractivity contribution in [1.82, 2.24) is 14.9 Å². The Labute approximate surface area is 359 Å². The van der Waals surface area contributed by atoms with Gasteiger partial charge in [-0.05, 0) is 83.3 Å². The summed E-state index contributed by atoms with van der Waals surface area (Å²) in [5.74, 6) is -0.616. The van der Waals surface area contributed by atoms with Gasteiger partial charge < -0.3 is 29.3 Å². The van der Waals surface area contributed by atoms with Crippen molar-refractivity contribution in [2.24, 2.45) is 17.3 Å². The SMILES string of the molecule is C=C[C@@H]1C[C@]1(CC(=O)CC1C[C@@H](Oc2cc(-c3csc(NC(C)C)n3)nc3cc(OC)ccc23)CN1C(=O)[C@@H](CC(=O)OC1CCCC1)C(C)(C)C)P(=O)(O)CC=C(C)C. The molecule has 1 saturated heterocycles. The molecule has 2 saturated carbocycles. The number of carbonyl (C=O) groups excluding carboxylic acids is 3. The van der Waals surface area contributed by atoms with Crippen molar-refractivity contribution < 1.29 is 38.1 Å². The number of nitrogens with one attached hydrogen (secondary N) is 1. The molecule has 3 heterocycles. The zero-order valence-corrected chi connectivity index (χ0v) is 38.2. The highest BCUT2D eigenvalue weighted by Crippen LogP contribution is 2.73. The highest BCUT2D eigenvalue weighted by molar-refractivity contribution is 7.60. The van der Waals surface area contributed by atoms with Gasteiger partial charge in [-0.3, -0.25) is 18.9 Å². The molecule has 1 aliphatic heterocycles.